The van der Waals surface area contributed by atoms with Crippen molar-refractivity contribution in [2.75, 3.05) is 14.2 Å². The van der Waals surface area contributed by atoms with Gasteiger partial charge in [-0.05, 0) is 6.07 Å². The molecular formula is C11H14O5. The van der Waals surface area contributed by atoms with Crippen LogP contribution in [0.1, 0.15) is 17.2 Å². The fourth-order valence-corrected chi connectivity index (χ4v) is 1.46. The van der Waals surface area contributed by atoms with Gasteiger partial charge in [-0.3, -0.25) is 0 Å². The third kappa shape index (κ3) is 2.50. The second-order valence-corrected chi connectivity index (χ2v) is 3.20. The van der Waals surface area contributed by atoms with Crippen LogP contribution in [-0.4, -0.2) is 30.4 Å². The van der Waals surface area contributed by atoms with Gasteiger partial charge in [0.25, 0.3) is 0 Å². The SMILES string of the molecule is COCc1c(OC)cccc1C(O)C(=O)O. The minimum Gasteiger partial charge on any atom is -0.496 e. The molecule has 88 valence electrons. The minimum atomic E-state index is -1.57. The molecule has 1 rings (SSSR count). The highest BCUT2D eigenvalue weighted by Crippen LogP contribution is 2.27. The largest absolute Gasteiger partial charge is 0.496 e. The van der Waals surface area contributed by atoms with Crippen molar-refractivity contribution in [3.05, 3.63) is 29.3 Å². The van der Waals surface area contributed by atoms with E-state index < -0.39 is 12.1 Å². The van der Waals surface area contributed by atoms with Gasteiger partial charge in [-0.15, -0.1) is 0 Å². The first-order valence-corrected chi connectivity index (χ1v) is 4.67. The zero-order valence-electron chi connectivity index (χ0n) is 9.14. The minimum absolute atomic E-state index is 0.184. The first-order chi connectivity index (χ1) is 7.61. The summed E-state index contributed by atoms with van der Waals surface area (Å²) in [7, 11) is 2.97. The zero-order chi connectivity index (χ0) is 12.1. The van der Waals surface area contributed by atoms with Crippen molar-refractivity contribution in [2.45, 2.75) is 12.7 Å². The summed E-state index contributed by atoms with van der Waals surface area (Å²) in [5.41, 5.74) is 0.830. The van der Waals surface area contributed by atoms with Crippen molar-refractivity contribution >= 4 is 5.97 Å². The molecule has 5 heteroatoms. The fourth-order valence-electron chi connectivity index (χ4n) is 1.46. The third-order valence-electron chi connectivity index (χ3n) is 2.21. The molecule has 0 heterocycles. The van der Waals surface area contributed by atoms with Crippen LogP contribution in [0.15, 0.2) is 18.2 Å². The Bertz CT molecular complexity index is 375. The second kappa shape index (κ2) is 5.48. The molecular weight excluding hydrogens is 212 g/mol. The van der Waals surface area contributed by atoms with E-state index in [4.69, 9.17) is 14.6 Å². The maximum absolute atomic E-state index is 10.7. The Labute approximate surface area is 93.2 Å². The molecule has 0 aliphatic carbocycles. The molecule has 0 amide bonds. The van der Waals surface area contributed by atoms with E-state index >= 15 is 0 Å². The molecule has 0 fully saturated rings. The van der Waals surface area contributed by atoms with Gasteiger partial charge in [-0.2, -0.15) is 0 Å². The van der Waals surface area contributed by atoms with Crippen LogP contribution in [0.5, 0.6) is 5.75 Å². The molecule has 1 aromatic carbocycles. The Morgan fingerprint density at radius 3 is 2.62 bits per heavy atom. The van der Waals surface area contributed by atoms with E-state index in [2.05, 4.69) is 0 Å². The Kier molecular flexibility index (Phi) is 4.28. The number of rotatable bonds is 5. The van der Waals surface area contributed by atoms with Crippen LogP contribution in [-0.2, 0) is 16.1 Å². The molecule has 0 aliphatic rings. The summed E-state index contributed by atoms with van der Waals surface area (Å²) in [5.74, 6) is -0.801. The van der Waals surface area contributed by atoms with Gasteiger partial charge < -0.3 is 19.7 Å². The van der Waals surface area contributed by atoms with Crippen molar-refractivity contribution in [1.29, 1.82) is 0 Å². The van der Waals surface area contributed by atoms with Crippen LogP contribution >= 0.6 is 0 Å². The van der Waals surface area contributed by atoms with Crippen molar-refractivity contribution in [2.24, 2.45) is 0 Å². The van der Waals surface area contributed by atoms with Gasteiger partial charge >= 0.3 is 5.97 Å². The van der Waals surface area contributed by atoms with Gasteiger partial charge in [0, 0.05) is 18.2 Å². The number of carboxylic acid groups (broad SMARTS) is 1. The Morgan fingerprint density at radius 1 is 1.44 bits per heavy atom. The van der Waals surface area contributed by atoms with Crippen LogP contribution in [0, 0.1) is 0 Å². The summed E-state index contributed by atoms with van der Waals surface area (Å²) in [6.45, 7) is 0.184. The Hall–Kier alpha value is -1.59. The summed E-state index contributed by atoms with van der Waals surface area (Å²) < 4.78 is 10.0. The highest BCUT2D eigenvalue weighted by atomic mass is 16.5. The van der Waals surface area contributed by atoms with E-state index in [1.165, 1.54) is 20.3 Å². The van der Waals surface area contributed by atoms with Gasteiger partial charge in [0.2, 0.25) is 0 Å². The maximum Gasteiger partial charge on any atom is 0.337 e. The molecule has 16 heavy (non-hydrogen) atoms. The second-order valence-electron chi connectivity index (χ2n) is 3.20. The van der Waals surface area contributed by atoms with E-state index in [9.17, 15) is 9.90 Å². The van der Waals surface area contributed by atoms with Gasteiger partial charge in [0.15, 0.2) is 6.10 Å². The molecule has 0 spiro atoms. The zero-order valence-corrected chi connectivity index (χ0v) is 9.14. The summed E-state index contributed by atoms with van der Waals surface area (Å²) in [6.07, 6.45) is -1.57. The number of methoxy groups -OCH3 is 2. The maximum atomic E-state index is 10.7. The molecule has 0 bridgehead atoms. The number of benzene rings is 1. The van der Waals surface area contributed by atoms with Crippen LogP contribution in [0.3, 0.4) is 0 Å². The predicted molar refractivity (Wildman–Crippen MR) is 56.3 cm³/mol. The Balaban J connectivity index is 3.20. The number of hydrogen-bond acceptors (Lipinski definition) is 4. The molecule has 0 aliphatic heterocycles. The number of hydrogen-bond donors (Lipinski definition) is 2. The first kappa shape index (κ1) is 12.5. The summed E-state index contributed by atoms with van der Waals surface area (Å²) in [4.78, 5) is 10.7. The van der Waals surface area contributed by atoms with Gasteiger partial charge in [-0.25, -0.2) is 4.79 Å². The lowest BCUT2D eigenvalue weighted by molar-refractivity contribution is -0.147. The van der Waals surface area contributed by atoms with Gasteiger partial charge in [0.1, 0.15) is 5.75 Å². The topological polar surface area (TPSA) is 76.0 Å². The van der Waals surface area contributed by atoms with E-state index in [1.807, 2.05) is 0 Å². The molecule has 2 N–H and O–H groups in total. The van der Waals surface area contributed by atoms with Crippen LogP contribution < -0.4 is 4.74 Å². The lowest BCUT2D eigenvalue weighted by Gasteiger charge is -2.15. The lowest BCUT2D eigenvalue weighted by atomic mass is 10.0. The van der Waals surface area contributed by atoms with E-state index in [0.717, 1.165) is 0 Å². The predicted octanol–water partition coefficient (Wildman–Crippen LogP) is 0.960. The summed E-state index contributed by atoms with van der Waals surface area (Å²) in [6, 6.07) is 4.85. The van der Waals surface area contributed by atoms with Crippen LogP contribution in [0.4, 0.5) is 0 Å². The summed E-state index contributed by atoms with van der Waals surface area (Å²) >= 11 is 0. The number of aliphatic hydroxyl groups is 1. The van der Waals surface area contributed by atoms with Crippen molar-refractivity contribution in [3.63, 3.8) is 0 Å². The molecule has 1 aromatic rings. The third-order valence-corrected chi connectivity index (χ3v) is 2.21. The van der Waals surface area contributed by atoms with Crippen LogP contribution in [0.2, 0.25) is 0 Å². The standard InChI is InChI=1S/C11H14O5/c1-15-6-8-7(10(12)11(13)14)4-3-5-9(8)16-2/h3-5,10,12H,6H2,1-2H3,(H,13,14). The average Bonchev–Trinajstić information content (AvgIpc) is 2.28. The molecule has 0 radical (unpaired) electrons. The lowest BCUT2D eigenvalue weighted by Crippen LogP contribution is -2.13. The molecule has 5 nitrogen and oxygen atoms in total. The van der Waals surface area contributed by atoms with E-state index in [0.29, 0.717) is 11.3 Å². The number of carbonyl (C=O) groups is 1. The average molecular weight is 226 g/mol. The fraction of sp³-hybridized carbons (Fsp3) is 0.364. The number of aliphatic carboxylic acids is 1. The molecule has 1 unspecified atom stereocenters. The molecule has 0 saturated carbocycles. The van der Waals surface area contributed by atoms with Gasteiger partial charge in [0.05, 0.1) is 13.7 Å². The summed E-state index contributed by atoms with van der Waals surface area (Å²) in [5, 5.41) is 18.3. The first-order valence-electron chi connectivity index (χ1n) is 4.67. The monoisotopic (exact) mass is 226 g/mol. The molecule has 0 aromatic heterocycles. The number of aliphatic hydroxyl groups excluding tert-OH is 1. The highest BCUT2D eigenvalue weighted by molar-refractivity contribution is 5.75. The smallest absolute Gasteiger partial charge is 0.337 e. The van der Waals surface area contributed by atoms with Gasteiger partial charge in [-0.1, -0.05) is 12.1 Å². The normalized spacial score (nSPS) is 12.2. The Morgan fingerprint density at radius 2 is 2.12 bits per heavy atom. The van der Waals surface area contributed by atoms with E-state index in [1.54, 1.807) is 12.1 Å². The molecule has 1 atom stereocenters. The number of carboxylic acids is 1. The highest BCUT2D eigenvalue weighted by Gasteiger charge is 2.21. The van der Waals surface area contributed by atoms with Crippen LogP contribution in [0.25, 0.3) is 0 Å². The van der Waals surface area contributed by atoms with Crippen molar-refractivity contribution < 1.29 is 24.5 Å². The molecule has 0 saturated heterocycles. The number of ether oxygens (including phenoxy) is 2. The van der Waals surface area contributed by atoms with Crippen molar-refractivity contribution in [3.8, 4) is 5.75 Å². The van der Waals surface area contributed by atoms with Crippen molar-refractivity contribution in [1.82, 2.24) is 0 Å². The van der Waals surface area contributed by atoms with E-state index in [-0.39, 0.29) is 12.2 Å². The quantitative estimate of drug-likeness (QED) is 0.782.